The first-order chi connectivity index (χ1) is 7.00. The Morgan fingerprint density at radius 2 is 2.13 bits per heavy atom. The molecule has 0 amide bonds. The summed E-state index contributed by atoms with van der Waals surface area (Å²) in [5, 5.41) is 8.95. The fourth-order valence-corrected chi connectivity index (χ4v) is 1.67. The van der Waals surface area contributed by atoms with Crippen LogP contribution in [0.5, 0.6) is 5.75 Å². The quantitative estimate of drug-likeness (QED) is 0.868. The maximum atomic E-state index is 10.9. The lowest BCUT2D eigenvalue weighted by molar-refractivity contribution is -0.147. The third-order valence-electron chi connectivity index (χ3n) is 1.91. The van der Waals surface area contributed by atoms with Gasteiger partial charge in [-0.1, -0.05) is 19.9 Å². The second kappa shape index (κ2) is 5.34. The van der Waals surface area contributed by atoms with Gasteiger partial charge in [0, 0.05) is 9.49 Å². The van der Waals surface area contributed by atoms with Crippen LogP contribution in [0.3, 0.4) is 0 Å². The molecule has 0 aliphatic carbocycles. The van der Waals surface area contributed by atoms with Gasteiger partial charge in [-0.15, -0.1) is 0 Å². The van der Waals surface area contributed by atoms with E-state index in [1.165, 1.54) is 0 Å². The van der Waals surface area contributed by atoms with E-state index in [-0.39, 0.29) is 5.92 Å². The van der Waals surface area contributed by atoms with E-state index in [0.717, 1.165) is 3.57 Å². The van der Waals surface area contributed by atoms with E-state index in [4.69, 9.17) is 9.84 Å². The molecule has 0 spiro atoms. The van der Waals surface area contributed by atoms with Crippen LogP contribution in [0.2, 0.25) is 0 Å². The average Bonchev–Trinajstić information content (AvgIpc) is 2.13. The summed E-state index contributed by atoms with van der Waals surface area (Å²) >= 11 is 2.16. The second-order valence-corrected chi connectivity index (χ2v) is 4.82. The third-order valence-corrected chi connectivity index (χ3v) is 2.58. The van der Waals surface area contributed by atoms with Gasteiger partial charge in [-0.25, -0.2) is 4.79 Å². The molecule has 4 heteroatoms. The van der Waals surface area contributed by atoms with Crippen LogP contribution in [0, 0.1) is 9.49 Å². The van der Waals surface area contributed by atoms with Crippen molar-refractivity contribution < 1.29 is 14.6 Å². The maximum Gasteiger partial charge on any atom is 0.345 e. The molecule has 82 valence electrons. The Hall–Kier alpha value is -0.780. The van der Waals surface area contributed by atoms with Crippen molar-refractivity contribution in [1.82, 2.24) is 0 Å². The van der Waals surface area contributed by atoms with Crippen LogP contribution in [-0.4, -0.2) is 17.2 Å². The Morgan fingerprint density at radius 1 is 1.47 bits per heavy atom. The van der Waals surface area contributed by atoms with E-state index in [0.29, 0.717) is 5.75 Å². The zero-order valence-electron chi connectivity index (χ0n) is 8.61. The molecule has 3 nitrogen and oxygen atoms in total. The number of hydrogen-bond donors (Lipinski definition) is 1. The number of aliphatic carboxylic acids is 1. The van der Waals surface area contributed by atoms with Crippen LogP contribution >= 0.6 is 22.6 Å². The van der Waals surface area contributed by atoms with Crippen molar-refractivity contribution >= 4 is 28.6 Å². The maximum absolute atomic E-state index is 10.9. The van der Waals surface area contributed by atoms with Crippen LogP contribution in [0.1, 0.15) is 13.8 Å². The number of carboxylic acid groups (broad SMARTS) is 1. The number of carboxylic acids is 1. The highest BCUT2D eigenvalue weighted by Crippen LogP contribution is 2.18. The largest absolute Gasteiger partial charge is 0.478 e. The summed E-state index contributed by atoms with van der Waals surface area (Å²) < 4.78 is 6.44. The predicted octanol–water partition coefficient (Wildman–Crippen LogP) is 2.78. The summed E-state index contributed by atoms with van der Waals surface area (Å²) in [5.74, 6) is -0.382. The Labute approximate surface area is 103 Å². The Morgan fingerprint density at radius 3 is 2.60 bits per heavy atom. The van der Waals surface area contributed by atoms with E-state index >= 15 is 0 Å². The summed E-state index contributed by atoms with van der Waals surface area (Å²) in [5.41, 5.74) is 0. The molecule has 1 aromatic rings. The first-order valence-corrected chi connectivity index (χ1v) is 5.73. The van der Waals surface area contributed by atoms with Gasteiger partial charge in [-0.2, -0.15) is 0 Å². The molecule has 15 heavy (non-hydrogen) atoms. The minimum absolute atomic E-state index is 0.0552. The zero-order chi connectivity index (χ0) is 11.4. The smallest absolute Gasteiger partial charge is 0.345 e. The fraction of sp³-hybridized carbons (Fsp3) is 0.364. The number of hydrogen-bond acceptors (Lipinski definition) is 2. The third kappa shape index (κ3) is 3.70. The van der Waals surface area contributed by atoms with Gasteiger partial charge in [0.1, 0.15) is 5.75 Å². The summed E-state index contributed by atoms with van der Waals surface area (Å²) in [6.45, 7) is 3.65. The molecule has 1 atom stereocenters. The van der Waals surface area contributed by atoms with Gasteiger partial charge >= 0.3 is 5.97 Å². The van der Waals surface area contributed by atoms with Crippen molar-refractivity contribution in [3.63, 3.8) is 0 Å². The number of carbonyl (C=O) groups is 1. The summed E-state index contributed by atoms with van der Waals surface area (Å²) in [4.78, 5) is 10.9. The minimum atomic E-state index is -0.927. The molecule has 1 N–H and O–H groups in total. The minimum Gasteiger partial charge on any atom is -0.478 e. The van der Waals surface area contributed by atoms with Gasteiger partial charge < -0.3 is 9.84 Å². The summed E-state index contributed by atoms with van der Waals surface area (Å²) in [6.07, 6.45) is -0.789. The van der Waals surface area contributed by atoms with Crippen LogP contribution in [-0.2, 0) is 4.79 Å². The number of halogens is 1. The number of benzene rings is 1. The molecule has 1 rings (SSSR count). The van der Waals surface area contributed by atoms with E-state index in [9.17, 15) is 4.79 Å². The fourth-order valence-electron chi connectivity index (χ4n) is 1.16. The van der Waals surface area contributed by atoms with Crippen molar-refractivity contribution in [2.24, 2.45) is 5.92 Å². The van der Waals surface area contributed by atoms with Gasteiger partial charge in [0.15, 0.2) is 6.10 Å². The predicted molar refractivity (Wildman–Crippen MR) is 66.0 cm³/mol. The molecule has 0 aromatic heterocycles. The first-order valence-electron chi connectivity index (χ1n) is 4.65. The second-order valence-electron chi connectivity index (χ2n) is 3.58. The highest BCUT2D eigenvalue weighted by molar-refractivity contribution is 14.1. The average molecular weight is 320 g/mol. The highest BCUT2D eigenvalue weighted by Gasteiger charge is 2.23. The lowest BCUT2D eigenvalue weighted by atomic mass is 10.1. The van der Waals surface area contributed by atoms with Crippen LogP contribution in [0.25, 0.3) is 0 Å². The van der Waals surface area contributed by atoms with Gasteiger partial charge in [-0.3, -0.25) is 0 Å². The Balaban J connectivity index is 2.79. The number of ether oxygens (including phenoxy) is 1. The SMILES string of the molecule is CC(C)C(Oc1cccc(I)c1)C(=O)O. The Kier molecular flexibility index (Phi) is 4.38. The lowest BCUT2D eigenvalue weighted by Crippen LogP contribution is -2.32. The monoisotopic (exact) mass is 320 g/mol. The lowest BCUT2D eigenvalue weighted by Gasteiger charge is -2.18. The molecule has 0 radical (unpaired) electrons. The molecule has 0 heterocycles. The van der Waals surface area contributed by atoms with Gasteiger partial charge in [0.05, 0.1) is 0 Å². The van der Waals surface area contributed by atoms with Crippen molar-refractivity contribution in [1.29, 1.82) is 0 Å². The molecule has 0 saturated heterocycles. The molecule has 0 bridgehead atoms. The molecular weight excluding hydrogens is 307 g/mol. The molecule has 1 unspecified atom stereocenters. The van der Waals surface area contributed by atoms with Crippen molar-refractivity contribution in [3.8, 4) is 5.75 Å². The van der Waals surface area contributed by atoms with Crippen molar-refractivity contribution in [2.75, 3.05) is 0 Å². The molecule has 0 aliphatic heterocycles. The van der Waals surface area contributed by atoms with Gasteiger partial charge in [0.2, 0.25) is 0 Å². The first kappa shape index (κ1) is 12.3. The van der Waals surface area contributed by atoms with Crippen molar-refractivity contribution in [2.45, 2.75) is 20.0 Å². The van der Waals surface area contributed by atoms with E-state index in [2.05, 4.69) is 22.6 Å². The van der Waals surface area contributed by atoms with Crippen molar-refractivity contribution in [3.05, 3.63) is 27.8 Å². The van der Waals surface area contributed by atoms with E-state index in [1.807, 2.05) is 32.0 Å². The zero-order valence-corrected chi connectivity index (χ0v) is 10.8. The van der Waals surface area contributed by atoms with Crippen LogP contribution < -0.4 is 4.74 Å². The van der Waals surface area contributed by atoms with Gasteiger partial charge in [-0.05, 0) is 40.8 Å². The molecule has 1 aromatic carbocycles. The molecule has 0 saturated carbocycles. The molecule has 0 fully saturated rings. The molecular formula is C11H13IO3. The standard InChI is InChI=1S/C11H13IO3/c1-7(2)10(11(13)14)15-9-5-3-4-8(12)6-9/h3-7,10H,1-2H3,(H,13,14). The van der Waals surface area contributed by atoms with Gasteiger partial charge in [0.25, 0.3) is 0 Å². The van der Waals surface area contributed by atoms with Crippen LogP contribution in [0.4, 0.5) is 0 Å². The summed E-state index contributed by atoms with van der Waals surface area (Å²) in [6, 6.07) is 7.36. The topological polar surface area (TPSA) is 46.5 Å². The Bertz CT molecular complexity index is 349. The number of rotatable bonds is 4. The van der Waals surface area contributed by atoms with E-state index in [1.54, 1.807) is 6.07 Å². The van der Waals surface area contributed by atoms with E-state index < -0.39 is 12.1 Å². The molecule has 0 aliphatic rings. The van der Waals surface area contributed by atoms with Crippen LogP contribution in [0.15, 0.2) is 24.3 Å². The summed E-state index contributed by atoms with van der Waals surface area (Å²) in [7, 11) is 0. The highest BCUT2D eigenvalue weighted by atomic mass is 127. The normalized spacial score (nSPS) is 12.5.